The summed E-state index contributed by atoms with van der Waals surface area (Å²) in [4.78, 5) is 0. The number of aliphatic hydroxyl groups is 1. The predicted octanol–water partition coefficient (Wildman–Crippen LogP) is 3.36. The maximum Gasteiger partial charge on any atom is 0.0537 e. The van der Waals surface area contributed by atoms with Crippen molar-refractivity contribution in [3.63, 3.8) is 0 Å². The Labute approximate surface area is 77.2 Å². The summed E-state index contributed by atoms with van der Waals surface area (Å²) in [6.07, 6.45) is 6.97. The molecule has 0 spiro atoms. The molecule has 2 atom stereocenters. The minimum absolute atomic E-state index is 0.0610. The molecule has 0 aliphatic carbocycles. The van der Waals surface area contributed by atoms with Crippen molar-refractivity contribution in [1.29, 1.82) is 0 Å². The minimum Gasteiger partial charge on any atom is -0.393 e. The Hall–Kier alpha value is -0.0400. The minimum atomic E-state index is -0.0610. The maximum atomic E-state index is 9.33. The van der Waals surface area contributed by atoms with E-state index in [0.29, 0.717) is 0 Å². The molecular weight excluding hydrogens is 148 g/mol. The van der Waals surface area contributed by atoms with E-state index in [1.54, 1.807) is 0 Å². The Balaban J connectivity index is 3.24. The number of unbranched alkanes of at least 4 members (excludes halogenated alkanes) is 1. The van der Waals surface area contributed by atoms with Crippen LogP contribution in [0.4, 0.5) is 0 Å². The molecule has 2 unspecified atom stereocenters. The lowest BCUT2D eigenvalue weighted by Gasteiger charge is -2.12. The van der Waals surface area contributed by atoms with Gasteiger partial charge in [0.05, 0.1) is 6.10 Å². The summed E-state index contributed by atoms with van der Waals surface area (Å²) in [5, 5.41) is 9.33. The summed E-state index contributed by atoms with van der Waals surface area (Å²) in [6, 6.07) is 0. The Morgan fingerprint density at radius 1 is 1.08 bits per heavy atom. The SMILES string of the molecule is CCCCC(C)CCC(O)CC. The van der Waals surface area contributed by atoms with E-state index >= 15 is 0 Å². The number of hydrogen-bond acceptors (Lipinski definition) is 1. The lowest BCUT2D eigenvalue weighted by atomic mass is 9.97. The van der Waals surface area contributed by atoms with Gasteiger partial charge in [-0.05, 0) is 25.2 Å². The van der Waals surface area contributed by atoms with Gasteiger partial charge < -0.3 is 5.11 Å². The summed E-state index contributed by atoms with van der Waals surface area (Å²) < 4.78 is 0. The third-order valence-corrected chi connectivity index (χ3v) is 2.51. The summed E-state index contributed by atoms with van der Waals surface area (Å²) in [5.41, 5.74) is 0. The van der Waals surface area contributed by atoms with Crippen molar-refractivity contribution < 1.29 is 5.11 Å². The third-order valence-electron chi connectivity index (χ3n) is 2.51. The van der Waals surface area contributed by atoms with Crippen LogP contribution in [0.2, 0.25) is 0 Å². The second-order valence-electron chi connectivity index (χ2n) is 3.89. The van der Waals surface area contributed by atoms with Crippen LogP contribution in [-0.2, 0) is 0 Å². The number of aliphatic hydroxyl groups excluding tert-OH is 1. The van der Waals surface area contributed by atoms with Crippen molar-refractivity contribution in [3.05, 3.63) is 0 Å². The fourth-order valence-corrected chi connectivity index (χ4v) is 1.38. The molecule has 0 heterocycles. The molecular formula is C11H24O. The smallest absolute Gasteiger partial charge is 0.0537 e. The zero-order chi connectivity index (χ0) is 9.40. The summed E-state index contributed by atoms with van der Waals surface area (Å²) >= 11 is 0. The van der Waals surface area contributed by atoms with Gasteiger partial charge in [-0.1, -0.05) is 40.0 Å². The van der Waals surface area contributed by atoms with Crippen LogP contribution in [0.3, 0.4) is 0 Å². The van der Waals surface area contributed by atoms with E-state index in [1.807, 2.05) is 6.92 Å². The molecule has 12 heavy (non-hydrogen) atoms. The van der Waals surface area contributed by atoms with Crippen LogP contribution in [-0.4, -0.2) is 11.2 Å². The molecule has 0 rings (SSSR count). The lowest BCUT2D eigenvalue weighted by molar-refractivity contribution is 0.150. The molecule has 0 aromatic heterocycles. The van der Waals surface area contributed by atoms with Gasteiger partial charge >= 0.3 is 0 Å². The van der Waals surface area contributed by atoms with E-state index in [2.05, 4.69) is 13.8 Å². The molecule has 1 N–H and O–H groups in total. The molecule has 0 radical (unpaired) electrons. The average molecular weight is 172 g/mol. The molecule has 0 aliphatic rings. The molecule has 0 amide bonds. The van der Waals surface area contributed by atoms with Gasteiger partial charge in [0, 0.05) is 0 Å². The predicted molar refractivity (Wildman–Crippen MR) is 54.2 cm³/mol. The first-order chi connectivity index (χ1) is 5.70. The van der Waals surface area contributed by atoms with Crippen molar-refractivity contribution >= 4 is 0 Å². The zero-order valence-corrected chi connectivity index (χ0v) is 8.84. The van der Waals surface area contributed by atoms with Gasteiger partial charge in [0.15, 0.2) is 0 Å². The molecule has 74 valence electrons. The molecule has 0 bridgehead atoms. The van der Waals surface area contributed by atoms with Crippen LogP contribution in [0.1, 0.15) is 59.3 Å². The second-order valence-corrected chi connectivity index (χ2v) is 3.89. The van der Waals surface area contributed by atoms with E-state index in [0.717, 1.165) is 18.8 Å². The Morgan fingerprint density at radius 2 is 1.75 bits per heavy atom. The van der Waals surface area contributed by atoms with E-state index in [4.69, 9.17) is 0 Å². The van der Waals surface area contributed by atoms with Crippen molar-refractivity contribution in [1.82, 2.24) is 0 Å². The standard InChI is InChI=1S/C11H24O/c1-4-6-7-10(3)8-9-11(12)5-2/h10-12H,4-9H2,1-3H3. The highest BCUT2D eigenvalue weighted by atomic mass is 16.3. The van der Waals surface area contributed by atoms with Crippen LogP contribution in [0.15, 0.2) is 0 Å². The first-order valence-corrected chi connectivity index (χ1v) is 5.38. The van der Waals surface area contributed by atoms with Gasteiger partial charge in [-0.3, -0.25) is 0 Å². The molecule has 1 nitrogen and oxygen atoms in total. The van der Waals surface area contributed by atoms with E-state index in [1.165, 1.54) is 25.7 Å². The fourth-order valence-electron chi connectivity index (χ4n) is 1.38. The van der Waals surface area contributed by atoms with Gasteiger partial charge in [0.1, 0.15) is 0 Å². The quantitative estimate of drug-likeness (QED) is 0.624. The Morgan fingerprint density at radius 3 is 2.25 bits per heavy atom. The van der Waals surface area contributed by atoms with Crippen molar-refractivity contribution in [2.75, 3.05) is 0 Å². The van der Waals surface area contributed by atoms with Gasteiger partial charge in [0.2, 0.25) is 0 Å². The molecule has 1 heteroatoms. The number of rotatable bonds is 7. The van der Waals surface area contributed by atoms with Crippen LogP contribution >= 0.6 is 0 Å². The van der Waals surface area contributed by atoms with Gasteiger partial charge in [-0.2, -0.15) is 0 Å². The Bertz CT molecular complexity index is 91.0. The first-order valence-electron chi connectivity index (χ1n) is 5.38. The molecule has 0 fully saturated rings. The highest BCUT2D eigenvalue weighted by Crippen LogP contribution is 2.15. The largest absolute Gasteiger partial charge is 0.393 e. The second kappa shape index (κ2) is 7.60. The van der Waals surface area contributed by atoms with Crippen LogP contribution < -0.4 is 0 Å². The molecule has 0 saturated carbocycles. The van der Waals surface area contributed by atoms with Crippen molar-refractivity contribution in [2.45, 2.75) is 65.4 Å². The van der Waals surface area contributed by atoms with Gasteiger partial charge in [-0.25, -0.2) is 0 Å². The summed E-state index contributed by atoms with van der Waals surface area (Å²) in [5.74, 6) is 0.797. The Kier molecular flexibility index (Phi) is 7.58. The van der Waals surface area contributed by atoms with E-state index in [-0.39, 0.29) is 6.10 Å². The average Bonchev–Trinajstić information content (AvgIpc) is 2.10. The summed E-state index contributed by atoms with van der Waals surface area (Å²) in [7, 11) is 0. The normalized spacial score (nSPS) is 16.0. The van der Waals surface area contributed by atoms with Crippen LogP contribution in [0.5, 0.6) is 0 Å². The van der Waals surface area contributed by atoms with E-state index < -0.39 is 0 Å². The van der Waals surface area contributed by atoms with Crippen molar-refractivity contribution in [3.8, 4) is 0 Å². The maximum absolute atomic E-state index is 9.33. The molecule has 0 saturated heterocycles. The monoisotopic (exact) mass is 172 g/mol. The van der Waals surface area contributed by atoms with Gasteiger partial charge in [-0.15, -0.1) is 0 Å². The van der Waals surface area contributed by atoms with E-state index in [9.17, 15) is 5.11 Å². The van der Waals surface area contributed by atoms with Crippen LogP contribution in [0, 0.1) is 5.92 Å². The topological polar surface area (TPSA) is 20.2 Å². The molecule has 0 aromatic carbocycles. The highest BCUT2D eigenvalue weighted by molar-refractivity contribution is 4.58. The number of hydrogen-bond donors (Lipinski definition) is 1. The summed E-state index contributed by atoms with van der Waals surface area (Å²) in [6.45, 7) is 6.56. The van der Waals surface area contributed by atoms with Crippen LogP contribution in [0.25, 0.3) is 0 Å². The molecule has 0 aliphatic heterocycles. The third kappa shape index (κ3) is 6.66. The zero-order valence-electron chi connectivity index (χ0n) is 8.84. The lowest BCUT2D eigenvalue weighted by Crippen LogP contribution is -2.06. The highest BCUT2D eigenvalue weighted by Gasteiger charge is 2.05. The van der Waals surface area contributed by atoms with Crippen molar-refractivity contribution in [2.24, 2.45) is 5.92 Å². The first kappa shape index (κ1) is 12.0. The fraction of sp³-hybridized carbons (Fsp3) is 1.00. The molecule has 0 aromatic rings. The van der Waals surface area contributed by atoms with Gasteiger partial charge in [0.25, 0.3) is 0 Å².